The number of nitrogens with zero attached hydrogens (tertiary/aromatic N) is 2. The normalized spacial score (nSPS) is 10.5. The van der Waals surface area contributed by atoms with Gasteiger partial charge in [0.2, 0.25) is 5.82 Å². The molecule has 88 valence electrons. The van der Waals surface area contributed by atoms with Crippen LogP contribution in [0.3, 0.4) is 0 Å². The molecule has 0 aliphatic rings. The molecule has 4 heteroatoms. The van der Waals surface area contributed by atoms with Crippen molar-refractivity contribution < 1.29 is 9.90 Å². The molecule has 0 unspecified atom stereocenters. The van der Waals surface area contributed by atoms with Crippen LogP contribution in [0, 0.1) is 13.8 Å². The van der Waals surface area contributed by atoms with E-state index in [4.69, 9.17) is 5.11 Å². The number of carboxylic acids is 1. The van der Waals surface area contributed by atoms with E-state index < -0.39 is 5.97 Å². The predicted molar refractivity (Wildman–Crippen MR) is 65.1 cm³/mol. The van der Waals surface area contributed by atoms with Gasteiger partial charge in [0.1, 0.15) is 0 Å². The molecular formula is C13H14N2O2. The van der Waals surface area contributed by atoms with Crippen LogP contribution in [-0.2, 0) is 7.05 Å². The van der Waals surface area contributed by atoms with Gasteiger partial charge in [-0.15, -0.1) is 0 Å². The second-order valence-electron chi connectivity index (χ2n) is 4.10. The van der Waals surface area contributed by atoms with Crippen LogP contribution >= 0.6 is 0 Å². The Morgan fingerprint density at radius 2 is 1.82 bits per heavy atom. The highest BCUT2D eigenvalue weighted by molar-refractivity contribution is 5.85. The number of hydrogen-bond donors (Lipinski definition) is 1. The van der Waals surface area contributed by atoms with E-state index >= 15 is 0 Å². The maximum absolute atomic E-state index is 11.0. The van der Waals surface area contributed by atoms with E-state index in [1.807, 2.05) is 38.1 Å². The zero-order valence-electron chi connectivity index (χ0n) is 10.1. The van der Waals surface area contributed by atoms with Crippen molar-refractivity contribution in [3.63, 3.8) is 0 Å². The fourth-order valence-electron chi connectivity index (χ4n) is 1.94. The smallest absolute Gasteiger partial charge is 0.372 e. The lowest BCUT2D eigenvalue weighted by atomic mass is 10.1. The van der Waals surface area contributed by atoms with E-state index in [0.29, 0.717) is 0 Å². The summed E-state index contributed by atoms with van der Waals surface area (Å²) in [5.41, 5.74) is 3.73. The van der Waals surface area contributed by atoms with Crippen LogP contribution in [-0.4, -0.2) is 20.6 Å². The van der Waals surface area contributed by atoms with Gasteiger partial charge in [-0.25, -0.2) is 9.78 Å². The summed E-state index contributed by atoms with van der Waals surface area (Å²) in [4.78, 5) is 15.1. The molecule has 0 spiro atoms. The highest BCUT2D eigenvalue weighted by atomic mass is 16.4. The van der Waals surface area contributed by atoms with Crippen LogP contribution < -0.4 is 0 Å². The first-order chi connectivity index (χ1) is 8.00. The Morgan fingerprint density at radius 3 is 2.29 bits per heavy atom. The van der Waals surface area contributed by atoms with Gasteiger partial charge in [-0.3, -0.25) is 0 Å². The summed E-state index contributed by atoms with van der Waals surface area (Å²) in [5.74, 6) is -0.938. The summed E-state index contributed by atoms with van der Waals surface area (Å²) in [6.45, 7) is 3.84. The summed E-state index contributed by atoms with van der Waals surface area (Å²) in [6, 6.07) is 7.96. The first-order valence-electron chi connectivity index (χ1n) is 5.34. The maximum Gasteiger partial charge on any atom is 0.372 e. The van der Waals surface area contributed by atoms with Gasteiger partial charge in [0.25, 0.3) is 0 Å². The van der Waals surface area contributed by atoms with Crippen LogP contribution in [0.5, 0.6) is 0 Å². The Hall–Kier alpha value is -2.10. The molecule has 0 radical (unpaired) electrons. The van der Waals surface area contributed by atoms with Gasteiger partial charge >= 0.3 is 5.97 Å². The zero-order chi connectivity index (χ0) is 12.6. The third kappa shape index (κ3) is 1.93. The lowest BCUT2D eigenvalue weighted by Gasteiger charge is -2.05. The van der Waals surface area contributed by atoms with Crippen molar-refractivity contribution in [1.29, 1.82) is 0 Å². The summed E-state index contributed by atoms with van der Waals surface area (Å²) in [7, 11) is 1.72. The lowest BCUT2D eigenvalue weighted by Crippen LogP contribution is -2.06. The second kappa shape index (κ2) is 4.05. The molecule has 2 aromatic rings. The van der Waals surface area contributed by atoms with Crippen LogP contribution in [0.1, 0.15) is 21.9 Å². The lowest BCUT2D eigenvalue weighted by molar-refractivity contribution is 0.0679. The Morgan fingerprint density at radius 1 is 1.24 bits per heavy atom. The van der Waals surface area contributed by atoms with E-state index in [9.17, 15) is 4.79 Å². The number of aromatic carboxylic acids is 1. The van der Waals surface area contributed by atoms with Crippen LogP contribution in [0.25, 0.3) is 11.3 Å². The highest BCUT2D eigenvalue weighted by Gasteiger charge is 2.17. The molecule has 2 rings (SSSR count). The van der Waals surface area contributed by atoms with Crippen molar-refractivity contribution in [2.75, 3.05) is 0 Å². The Balaban J connectivity index is 2.59. The summed E-state index contributed by atoms with van der Waals surface area (Å²) >= 11 is 0. The minimum absolute atomic E-state index is 0.0677. The van der Waals surface area contributed by atoms with Crippen molar-refractivity contribution in [3.8, 4) is 11.3 Å². The van der Waals surface area contributed by atoms with Gasteiger partial charge in [-0.2, -0.15) is 0 Å². The van der Waals surface area contributed by atoms with Gasteiger partial charge in [0.05, 0.1) is 11.4 Å². The van der Waals surface area contributed by atoms with Crippen LogP contribution in [0.15, 0.2) is 24.3 Å². The molecule has 0 saturated heterocycles. The minimum Gasteiger partial charge on any atom is -0.475 e. The van der Waals surface area contributed by atoms with Crippen molar-refractivity contribution in [2.24, 2.45) is 7.05 Å². The fourth-order valence-corrected chi connectivity index (χ4v) is 1.94. The third-order valence-electron chi connectivity index (χ3n) is 2.79. The number of carbonyl (C=O) groups is 1. The molecule has 0 bridgehead atoms. The molecule has 0 aliphatic carbocycles. The number of hydrogen-bond acceptors (Lipinski definition) is 2. The van der Waals surface area contributed by atoms with E-state index in [1.54, 1.807) is 11.6 Å². The average Bonchev–Trinajstić information content (AvgIpc) is 2.56. The molecule has 0 atom stereocenters. The number of carboxylic acid groups (broad SMARTS) is 1. The molecule has 0 amide bonds. The molecule has 0 aliphatic heterocycles. The van der Waals surface area contributed by atoms with Gasteiger partial charge < -0.3 is 9.67 Å². The molecular weight excluding hydrogens is 216 g/mol. The second-order valence-corrected chi connectivity index (χ2v) is 4.10. The average molecular weight is 230 g/mol. The quantitative estimate of drug-likeness (QED) is 0.861. The Labute approximate surface area is 99.5 Å². The van der Waals surface area contributed by atoms with Crippen molar-refractivity contribution in [2.45, 2.75) is 13.8 Å². The van der Waals surface area contributed by atoms with Gasteiger partial charge in [0.15, 0.2) is 0 Å². The van der Waals surface area contributed by atoms with Crippen molar-refractivity contribution in [3.05, 3.63) is 41.3 Å². The first-order valence-corrected chi connectivity index (χ1v) is 5.34. The van der Waals surface area contributed by atoms with Crippen molar-refractivity contribution in [1.82, 2.24) is 9.55 Å². The fraction of sp³-hybridized carbons (Fsp3) is 0.231. The van der Waals surface area contributed by atoms with Gasteiger partial charge in [-0.1, -0.05) is 29.8 Å². The Bertz CT molecular complexity index is 568. The number of aromatic nitrogens is 2. The molecule has 4 nitrogen and oxygen atoms in total. The van der Waals surface area contributed by atoms with Crippen LogP contribution in [0.4, 0.5) is 0 Å². The number of benzene rings is 1. The molecule has 1 aromatic carbocycles. The maximum atomic E-state index is 11.0. The van der Waals surface area contributed by atoms with Crippen molar-refractivity contribution >= 4 is 5.97 Å². The standard InChI is InChI=1S/C13H14N2O2/c1-8-4-6-10(7-5-8)11-9(2)14-12(13(16)17)15(11)3/h4-7H,1-3H3,(H,16,17). The van der Waals surface area contributed by atoms with E-state index in [1.165, 1.54) is 5.56 Å². The van der Waals surface area contributed by atoms with E-state index in [-0.39, 0.29) is 5.82 Å². The summed E-state index contributed by atoms with van der Waals surface area (Å²) in [6.07, 6.45) is 0. The van der Waals surface area contributed by atoms with E-state index in [2.05, 4.69) is 4.98 Å². The zero-order valence-corrected chi connectivity index (χ0v) is 10.1. The number of aryl methyl sites for hydroxylation is 2. The van der Waals surface area contributed by atoms with Gasteiger partial charge in [0, 0.05) is 12.6 Å². The molecule has 1 aromatic heterocycles. The largest absolute Gasteiger partial charge is 0.475 e. The van der Waals surface area contributed by atoms with E-state index in [0.717, 1.165) is 17.0 Å². The molecule has 0 saturated carbocycles. The molecule has 0 fully saturated rings. The monoisotopic (exact) mass is 230 g/mol. The van der Waals surface area contributed by atoms with Gasteiger partial charge in [-0.05, 0) is 13.8 Å². The molecule has 1 heterocycles. The van der Waals surface area contributed by atoms with Crippen LogP contribution in [0.2, 0.25) is 0 Å². The third-order valence-corrected chi connectivity index (χ3v) is 2.79. The molecule has 17 heavy (non-hydrogen) atoms. The topological polar surface area (TPSA) is 55.1 Å². The summed E-state index contributed by atoms with van der Waals surface area (Å²) < 4.78 is 1.61. The predicted octanol–water partition coefficient (Wildman–Crippen LogP) is 2.40. The number of imidazole rings is 1. The SMILES string of the molecule is Cc1ccc(-c2c(C)nc(C(=O)O)n2C)cc1. The summed E-state index contributed by atoms with van der Waals surface area (Å²) in [5, 5.41) is 9.01. The highest BCUT2D eigenvalue weighted by Crippen LogP contribution is 2.24. The first kappa shape index (κ1) is 11.4. The minimum atomic E-state index is -1.01. The number of rotatable bonds is 2. The molecule has 1 N–H and O–H groups in total. The Kier molecular flexibility index (Phi) is 2.71.